The summed E-state index contributed by atoms with van der Waals surface area (Å²) in [6.45, 7) is 1.98. The number of aromatic nitrogens is 1. The lowest BCUT2D eigenvalue weighted by atomic mass is 9.88. The highest BCUT2D eigenvalue weighted by Crippen LogP contribution is 2.52. The Kier molecular flexibility index (Phi) is 6.99. The molecule has 1 aliphatic heterocycles. The lowest BCUT2D eigenvalue weighted by Gasteiger charge is -2.16. The van der Waals surface area contributed by atoms with E-state index in [0.29, 0.717) is 29.9 Å². The maximum Gasteiger partial charge on any atom is 0.586 e. The Morgan fingerprint density at radius 2 is 1.72 bits per heavy atom. The van der Waals surface area contributed by atoms with E-state index < -0.39 is 22.5 Å². The van der Waals surface area contributed by atoms with Gasteiger partial charge in [0, 0.05) is 40.5 Å². The first-order valence-corrected chi connectivity index (χ1v) is 13.2. The number of benzene rings is 2. The minimum Gasteiger partial charge on any atom is -0.412 e. The predicted octanol–water partition coefficient (Wildman–Crippen LogP) is 4.32. The standard InChI is InChI=1S/C27H25F2NO4S.H2O/c1-17-3-9-21(30-25(17)19-6-4-18(5-7-19)11-14-35(2)32)16-24(31)26(12-13-26)20-8-10-22-23(15-20)34-27(28,29)33-22;/h3-10,15H,11-14,16H2,1-2H3;1H2. The van der Waals surface area contributed by atoms with Crippen LogP contribution in [0.25, 0.3) is 11.3 Å². The first-order chi connectivity index (χ1) is 16.6. The number of rotatable bonds is 8. The Morgan fingerprint density at radius 3 is 2.39 bits per heavy atom. The van der Waals surface area contributed by atoms with Gasteiger partial charge in [-0.1, -0.05) is 36.4 Å². The molecule has 0 saturated heterocycles. The van der Waals surface area contributed by atoms with Crippen molar-refractivity contribution in [3.63, 3.8) is 0 Å². The molecule has 1 unspecified atom stereocenters. The number of aryl methyl sites for hydroxylation is 2. The number of Topliss-reactive ketones (excluding diaryl/α,β-unsaturated/α-hetero) is 1. The highest BCUT2D eigenvalue weighted by atomic mass is 32.2. The monoisotopic (exact) mass is 515 g/mol. The summed E-state index contributed by atoms with van der Waals surface area (Å²) in [5, 5.41) is 0. The van der Waals surface area contributed by atoms with Crippen LogP contribution in [0.5, 0.6) is 11.5 Å². The first kappa shape index (κ1) is 25.9. The number of hydrogen-bond acceptors (Lipinski definition) is 5. The summed E-state index contributed by atoms with van der Waals surface area (Å²) in [7, 11) is -0.831. The Hall–Kier alpha value is -3.17. The number of ether oxygens (including phenoxy) is 2. The smallest absolute Gasteiger partial charge is 0.412 e. The van der Waals surface area contributed by atoms with E-state index in [4.69, 9.17) is 4.98 Å². The largest absolute Gasteiger partial charge is 0.586 e. The van der Waals surface area contributed by atoms with Gasteiger partial charge in [-0.25, -0.2) is 0 Å². The molecule has 2 aromatic carbocycles. The molecule has 0 spiro atoms. The third kappa shape index (κ3) is 5.17. The maximum atomic E-state index is 13.4. The van der Waals surface area contributed by atoms with Crippen molar-refractivity contribution in [1.29, 1.82) is 0 Å². The maximum absolute atomic E-state index is 13.4. The van der Waals surface area contributed by atoms with Crippen molar-refractivity contribution in [1.82, 2.24) is 4.98 Å². The molecule has 1 saturated carbocycles. The molecular formula is C27H27F2NO5S. The van der Waals surface area contributed by atoms with Gasteiger partial charge in [0.15, 0.2) is 11.5 Å². The van der Waals surface area contributed by atoms with E-state index in [2.05, 4.69) is 9.47 Å². The average Bonchev–Trinajstić information content (AvgIpc) is 3.56. The van der Waals surface area contributed by atoms with E-state index in [-0.39, 0.29) is 29.2 Å². The normalized spacial score (nSPS) is 17.2. The molecule has 0 bridgehead atoms. The third-order valence-corrected chi connectivity index (χ3v) is 7.42. The van der Waals surface area contributed by atoms with Gasteiger partial charge in [-0.3, -0.25) is 14.0 Å². The fourth-order valence-corrected chi connectivity index (χ4v) is 5.01. The van der Waals surface area contributed by atoms with Crippen LogP contribution in [0.4, 0.5) is 8.78 Å². The Morgan fingerprint density at radius 1 is 1.03 bits per heavy atom. The summed E-state index contributed by atoms with van der Waals surface area (Å²) in [6, 6.07) is 16.4. The molecule has 6 nitrogen and oxygen atoms in total. The second kappa shape index (κ2) is 9.71. The van der Waals surface area contributed by atoms with E-state index in [9.17, 15) is 17.8 Å². The van der Waals surface area contributed by atoms with E-state index in [1.807, 2.05) is 43.3 Å². The quantitative estimate of drug-likeness (QED) is 0.445. The lowest BCUT2D eigenvalue weighted by molar-refractivity contribution is -0.286. The number of pyridine rings is 1. The molecule has 3 aromatic rings. The second-order valence-electron chi connectivity index (χ2n) is 9.20. The zero-order chi connectivity index (χ0) is 24.8. The number of nitrogens with zero attached hydrogens (tertiary/aromatic N) is 1. The molecule has 1 aliphatic carbocycles. The number of ketones is 1. The number of hydrogen-bond donors (Lipinski definition) is 0. The number of alkyl halides is 2. The van der Waals surface area contributed by atoms with Crippen LogP contribution in [0.1, 0.15) is 35.2 Å². The van der Waals surface area contributed by atoms with E-state index in [1.165, 1.54) is 12.1 Å². The fraction of sp³-hybridized carbons (Fsp3) is 0.333. The number of carbonyl (C=O) groups excluding carboxylic acids is 1. The van der Waals surface area contributed by atoms with Crippen LogP contribution < -0.4 is 9.47 Å². The van der Waals surface area contributed by atoms with Crippen molar-refractivity contribution in [2.24, 2.45) is 0 Å². The molecular weight excluding hydrogens is 488 g/mol. The number of carbonyl (C=O) groups is 1. The van der Waals surface area contributed by atoms with Crippen LogP contribution in [0.2, 0.25) is 0 Å². The minimum atomic E-state index is -3.68. The highest BCUT2D eigenvalue weighted by Gasteiger charge is 2.52. The van der Waals surface area contributed by atoms with Crippen LogP contribution in [-0.4, -0.2) is 38.8 Å². The van der Waals surface area contributed by atoms with Gasteiger partial charge in [0.05, 0.1) is 11.1 Å². The molecule has 9 heteroatoms. The molecule has 1 atom stereocenters. The molecule has 36 heavy (non-hydrogen) atoms. The number of halogens is 2. The van der Waals surface area contributed by atoms with Crippen molar-refractivity contribution in [2.45, 2.75) is 44.3 Å². The van der Waals surface area contributed by atoms with E-state index in [0.717, 1.165) is 28.8 Å². The fourth-order valence-electron chi connectivity index (χ4n) is 4.48. The summed E-state index contributed by atoms with van der Waals surface area (Å²) >= 11 is 0. The summed E-state index contributed by atoms with van der Waals surface area (Å²) in [5.74, 6) is 0.562. The van der Waals surface area contributed by atoms with Gasteiger partial charge in [-0.15, -0.1) is 8.78 Å². The van der Waals surface area contributed by atoms with Crippen molar-refractivity contribution in [3.8, 4) is 22.8 Å². The van der Waals surface area contributed by atoms with Gasteiger partial charge in [0.25, 0.3) is 0 Å². The van der Waals surface area contributed by atoms with E-state index >= 15 is 0 Å². The van der Waals surface area contributed by atoms with Gasteiger partial charge < -0.3 is 14.9 Å². The zero-order valence-corrected chi connectivity index (χ0v) is 20.8. The predicted molar refractivity (Wildman–Crippen MR) is 133 cm³/mol. The Bertz CT molecular complexity index is 1320. The molecule has 0 radical (unpaired) electrons. The van der Waals surface area contributed by atoms with Gasteiger partial charge in [-0.05, 0) is 61.1 Å². The van der Waals surface area contributed by atoms with Crippen LogP contribution in [0, 0.1) is 6.92 Å². The molecule has 2 aliphatic rings. The van der Waals surface area contributed by atoms with Crippen molar-refractivity contribution in [3.05, 3.63) is 77.0 Å². The van der Waals surface area contributed by atoms with Gasteiger partial charge in [-0.2, -0.15) is 0 Å². The first-order valence-electron chi connectivity index (χ1n) is 11.4. The van der Waals surface area contributed by atoms with Crippen LogP contribution in [-0.2, 0) is 33.9 Å². The van der Waals surface area contributed by atoms with Gasteiger partial charge in [0.1, 0.15) is 5.78 Å². The zero-order valence-electron chi connectivity index (χ0n) is 20.0. The molecule has 190 valence electrons. The van der Waals surface area contributed by atoms with Crippen LogP contribution in [0.3, 0.4) is 0 Å². The highest BCUT2D eigenvalue weighted by molar-refractivity contribution is 7.84. The van der Waals surface area contributed by atoms with Gasteiger partial charge in [0.2, 0.25) is 0 Å². The summed E-state index contributed by atoms with van der Waals surface area (Å²) < 4.78 is 47.2. The van der Waals surface area contributed by atoms with Crippen LogP contribution >= 0.6 is 0 Å². The average molecular weight is 516 g/mol. The van der Waals surface area contributed by atoms with Crippen molar-refractivity contribution in [2.75, 3.05) is 12.0 Å². The van der Waals surface area contributed by atoms with Gasteiger partial charge >= 0.3 is 6.29 Å². The third-order valence-electron chi connectivity index (χ3n) is 6.64. The van der Waals surface area contributed by atoms with Crippen molar-refractivity contribution < 1.29 is 32.7 Å². The lowest BCUT2D eigenvalue weighted by Crippen LogP contribution is -2.26. The molecule has 5 rings (SSSR count). The SMILES string of the molecule is Cc1ccc(CC(=O)C2(c3ccc4c(c3)OC(F)(F)O4)CC2)nc1-c1ccc(CCS(C)=O)cc1.O. The number of fused-ring (bicyclic) bond motifs is 1. The Labute approximate surface area is 210 Å². The summed E-state index contributed by atoms with van der Waals surface area (Å²) in [4.78, 5) is 18.1. The van der Waals surface area contributed by atoms with E-state index in [1.54, 1.807) is 12.3 Å². The molecule has 1 fully saturated rings. The molecule has 1 aromatic heterocycles. The molecule has 0 amide bonds. The topological polar surface area (TPSA) is 97.0 Å². The molecule has 2 N–H and O–H groups in total. The minimum absolute atomic E-state index is 0. The Balaban J connectivity index is 0.00000304. The van der Waals surface area contributed by atoms with Crippen LogP contribution in [0.15, 0.2) is 54.6 Å². The second-order valence-corrected chi connectivity index (χ2v) is 10.8. The summed E-state index contributed by atoms with van der Waals surface area (Å²) in [5.41, 5.74) is 4.51. The van der Waals surface area contributed by atoms with Crippen molar-refractivity contribution >= 4 is 16.6 Å². The summed E-state index contributed by atoms with van der Waals surface area (Å²) in [6.07, 6.45) is 0.236. The molecule has 2 heterocycles.